The van der Waals surface area contributed by atoms with E-state index in [-0.39, 0.29) is 12.0 Å². The molecule has 1 fully saturated rings. The number of nitrogens with zero attached hydrogens (tertiary/aromatic N) is 1. The SMILES string of the molecule is CCN(CC)CCC(c1ccc2ccccc2c1)C(CC1CCCO1)C(=O)O. The quantitative estimate of drug-likeness (QED) is 0.632. The molecule has 0 bridgehead atoms. The zero-order valence-electron chi connectivity index (χ0n) is 17.1. The lowest BCUT2D eigenvalue weighted by Crippen LogP contribution is -2.31. The van der Waals surface area contributed by atoms with Crippen molar-refractivity contribution < 1.29 is 14.6 Å². The molecule has 28 heavy (non-hydrogen) atoms. The maximum atomic E-state index is 12.3. The van der Waals surface area contributed by atoms with Gasteiger partial charge in [-0.05, 0) is 67.6 Å². The van der Waals surface area contributed by atoms with Gasteiger partial charge >= 0.3 is 5.97 Å². The first-order valence-electron chi connectivity index (χ1n) is 10.7. The third-order valence-electron chi connectivity index (χ3n) is 6.20. The molecular formula is C24H33NO3. The van der Waals surface area contributed by atoms with E-state index >= 15 is 0 Å². The van der Waals surface area contributed by atoms with Crippen LogP contribution in [0.3, 0.4) is 0 Å². The number of carboxylic acid groups (broad SMARTS) is 1. The highest BCUT2D eigenvalue weighted by Crippen LogP contribution is 2.35. The number of aliphatic carboxylic acids is 1. The second kappa shape index (κ2) is 10.0. The molecule has 4 nitrogen and oxygen atoms in total. The number of carbonyl (C=O) groups is 1. The monoisotopic (exact) mass is 383 g/mol. The molecule has 4 heteroatoms. The molecule has 2 aromatic rings. The third kappa shape index (κ3) is 5.12. The van der Waals surface area contributed by atoms with Crippen molar-refractivity contribution in [3.05, 3.63) is 48.0 Å². The van der Waals surface area contributed by atoms with Gasteiger partial charge in [-0.2, -0.15) is 0 Å². The predicted octanol–water partition coefficient (Wildman–Crippen LogP) is 4.93. The van der Waals surface area contributed by atoms with Crippen LogP contribution in [0.1, 0.15) is 51.0 Å². The van der Waals surface area contributed by atoms with Crippen LogP contribution in [-0.4, -0.2) is 48.3 Å². The van der Waals surface area contributed by atoms with Gasteiger partial charge in [-0.1, -0.05) is 56.3 Å². The molecule has 3 atom stereocenters. The normalized spacial score (nSPS) is 19.2. The molecule has 0 spiro atoms. The summed E-state index contributed by atoms with van der Waals surface area (Å²) in [6.45, 7) is 7.98. The lowest BCUT2D eigenvalue weighted by atomic mass is 9.79. The van der Waals surface area contributed by atoms with Crippen LogP contribution in [0, 0.1) is 5.92 Å². The standard InChI is InChI=1S/C24H33NO3/c1-3-25(4-2)14-13-22(23(24(26)27)17-21-10-7-15-28-21)20-12-11-18-8-5-6-9-19(18)16-20/h5-6,8-9,11-12,16,21-23H,3-4,7,10,13-15,17H2,1-2H3,(H,26,27). The second-order valence-corrected chi connectivity index (χ2v) is 7.84. The Balaban J connectivity index is 1.89. The zero-order valence-corrected chi connectivity index (χ0v) is 17.1. The van der Waals surface area contributed by atoms with Crippen molar-refractivity contribution >= 4 is 16.7 Å². The molecule has 0 radical (unpaired) electrons. The highest BCUT2D eigenvalue weighted by molar-refractivity contribution is 5.83. The Morgan fingerprint density at radius 3 is 2.57 bits per heavy atom. The first-order valence-corrected chi connectivity index (χ1v) is 10.7. The van der Waals surface area contributed by atoms with Crippen LogP contribution in [0.25, 0.3) is 10.8 Å². The number of rotatable bonds is 10. The van der Waals surface area contributed by atoms with Gasteiger partial charge in [0.25, 0.3) is 0 Å². The number of hydrogen-bond acceptors (Lipinski definition) is 3. The average Bonchev–Trinajstić information content (AvgIpc) is 3.23. The van der Waals surface area contributed by atoms with Gasteiger partial charge in [0.15, 0.2) is 0 Å². The molecule has 2 aromatic carbocycles. The Bertz CT molecular complexity index is 765. The van der Waals surface area contributed by atoms with Crippen molar-refractivity contribution in [2.75, 3.05) is 26.2 Å². The summed E-state index contributed by atoms with van der Waals surface area (Å²) in [4.78, 5) is 14.7. The van der Waals surface area contributed by atoms with Crippen LogP contribution < -0.4 is 0 Å². The number of fused-ring (bicyclic) bond motifs is 1. The molecule has 1 aliphatic heterocycles. The summed E-state index contributed by atoms with van der Waals surface area (Å²) in [5.41, 5.74) is 1.14. The van der Waals surface area contributed by atoms with Gasteiger partial charge in [0.2, 0.25) is 0 Å². The average molecular weight is 384 g/mol. The van der Waals surface area contributed by atoms with Crippen molar-refractivity contribution in [2.45, 2.75) is 51.6 Å². The van der Waals surface area contributed by atoms with Crippen LogP contribution in [0.5, 0.6) is 0 Å². The first-order chi connectivity index (χ1) is 13.6. The minimum atomic E-state index is -0.701. The summed E-state index contributed by atoms with van der Waals surface area (Å²) in [5.74, 6) is -1.13. The predicted molar refractivity (Wildman–Crippen MR) is 114 cm³/mol. The first kappa shape index (κ1) is 20.8. The lowest BCUT2D eigenvalue weighted by Gasteiger charge is -2.29. The molecule has 1 N–H and O–H groups in total. The van der Waals surface area contributed by atoms with Crippen molar-refractivity contribution in [2.24, 2.45) is 5.92 Å². The maximum Gasteiger partial charge on any atom is 0.307 e. The van der Waals surface area contributed by atoms with E-state index in [1.807, 2.05) is 12.1 Å². The highest BCUT2D eigenvalue weighted by atomic mass is 16.5. The molecule has 1 heterocycles. The van der Waals surface area contributed by atoms with E-state index in [0.29, 0.717) is 6.42 Å². The minimum Gasteiger partial charge on any atom is -0.481 e. The Morgan fingerprint density at radius 2 is 1.93 bits per heavy atom. The molecule has 3 rings (SSSR count). The topological polar surface area (TPSA) is 49.8 Å². The van der Waals surface area contributed by atoms with Gasteiger partial charge in [-0.3, -0.25) is 4.79 Å². The summed E-state index contributed by atoms with van der Waals surface area (Å²) < 4.78 is 5.78. The van der Waals surface area contributed by atoms with Crippen LogP contribution in [0.4, 0.5) is 0 Å². The Labute approximate surface area is 168 Å². The van der Waals surface area contributed by atoms with E-state index in [9.17, 15) is 9.90 Å². The molecular weight excluding hydrogens is 350 g/mol. The number of carboxylic acids is 1. The maximum absolute atomic E-state index is 12.3. The summed E-state index contributed by atoms with van der Waals surface area (Å²) in [6.07, 6.45) is 3.55. The minimum absolute atomic E-state index is 0.00749. The molecule has 1 saturated heterocycles. The summed E-state index contributed by atoms with van der Waals surface area (Å²) in [6, 6.07) is 14.7. The van der Waals surface area contributed by atoms with E-state index in [4.69, 9.17) is 4.74 Å². The number of hydrogen-bond donors (Lipinski definition) is 1. The molecule has 0 saturated carbocycles. The Kier molecular flexibility index (Phi) is 7.46. The van der Waals surface area contributed by atoms with Crippen molar-refractivity contribution in [3.8, 4) is 0 Å². The van der Waals surface area contributed by atoms with Crippen molar-refractivity contribution in [1.82, 2.24) is 4.90 Å². The van der Waals surface area contributed by atoms with Crippen molar-refractivity contribution in [3.63, 3.8) is 0 Å². The Hall–Kier alpha value is -1.91. The molecule has 0 aliphatic carbocycles. The highest BCUT2D eigenvalue weighted by Gasteiger charge is 2.33. The van der Waals surface area contributed by atoms with Gasteiger partial charge < -0.3 is 14.7 Å². The fourth-order valence-corrected chi connectivity index (χ4v) is 4.45. The van der Waals surface area contributed by atoms with Crippen LogP contribution >= 0.6 is 0 Å². The fourth-order valence-electron chi connectivity index (χ4n) is 4.45. The summed E-state index contributed by atoms with van der Waals surface area (Å²) in [7, 11) is 0. The summed E-state index contributed by atoms with van der Waals surface area (Å²) >= 11 is 0. The lowest BCUT2D eigenvalue weighted by molar-refractivity contribution is -0.144. The largest absolute Gasteiger partial charge is 0.481 e. The zero-order chi connectivity index (χ0) is 19.9. The third-order valence-corrected chi connectivity index (χ3v) is 6.20. The second-order valence-electron chi connectivity index (χ2n) is 7.84. The van der Waals surface area contributed by atoms with E-state index in [0.717, 1.165) is 51.1 Å². The van der Waals surface area contributed by atoms with Gasteiger partial charge in [0.1, 0.15) is 0 Å². The van der Waals surface area contributed by atoms with Gasteiger partial charge in [-0.25, -0.2) is 0 Å². The van der Waals surface area contributed by atoms with Crippen LogP contribution in [-0.2, 0) is 9.53 Å². The molecule has 0 aromatic heterocycles. The fraction of sp³-hybridized carbons (Fsp3) is 0.542. The van der Waals surface area contributed by atoms with Gasteiger partial charge in [0.05, 0.1) is 12.0 Å². The van der Waals surface area contributed by atoms with Crippen LogP contribution in [0.15, 0.2) is 42.5 Å². The van der Waals surface area contributed by atoms with E-state index in [1.165, 1.54) is 10.8 Å². The number of benzene rings is 2. The van der Waals surface area contributed by atoms with Gasteiger partial charge in [0, 0.05) is 6.61 Å². The van der Waals surface area contributed by atoms with E-state index in [2.05, 4.69) is 49.1 Å². The van der Waals surface area contributed by atoms with Crippen LogP contribution in [0.2, 0.25) is 0 Å². The summed E-state index contributed by atoms with van der Waals surface area (Å²) in [5, 5.41) is 12.5. The molecule has 3 unspecified atom stereocenters. The smallest absolute Gasteiger partial charge is 0.307 e. The molecule has 152 valence electrons. The number of ether oxygens (including phenoxy) is 1. The van der Waals surface area contributed by atoms with E-state index < -0.39 is 11.9 Å². The van der Waals surface area contributed by atoms with Gasteiger partial charge in [-0.15, -0.1) is 0 Å². The van der Waals surface area contributed by atoms with E-state index in [1.54, 1.807) is 0 Å². The van der Waals surface area contributed by atoms with Crippen molar-refractivity contribution in [1.29, 1.82) is 0 Å². The Morgan fingerprint density at radius 1 is 1.18 bits per heavy atom. The molecule has 1 aliphatic rings. The molecule has 0 amide bonds.